The molecule has 19 heavy (non-hydrogen) atoms. The van der Waals surface area contributed by atoms with Gasteiger partial charge >= 0.3 is 0 Å². The first-order chi connectivity index (χ1) is 9.00. The molecule has 0 unspecified atom stereocenters. The lowest BCUT2D eigenvalue weighted by Gasteiger charge is -2.11. The number of aliphatic imine (C=N–C) groups is 1. The zero-order valence-corrected chi connectivity index (χ0v) is 12.0. The van der Waals surface area contributed by atoms with Gasteiger partial charge in [0.1, 0.15) is 5.84 Å². The van der Waals surface area contributed by atoms with Crippen molar-refractivity contribution in [1.29, 1.82) is 0 Å². The van der Waals surface area contributed by atoms with Crippen molar-refractivity contribution in [2.24, 2.45) is 4.99 Å². The molecule has 0 atom stereocenters. The molecule has 5 nitrogen and oxygen atoms in total. The van der Waals surface area contributed by atoms with Crippen molar-refractivity contribution in [3.63, 3.8) is 0 Å². The van der Waals surface area contributed by atoms with E-state index in [1.54, 1.807) is 6.92 Å². The molecule has 1 aliphatic rings. The summed E-state index contributed by atoms with van der Waals surface area (Å²) < 4.78 is 25.9. The maximum atomic E-state index is 11.6. The van der Waals surface area contributed by atoms with Gasteiger partial charge in [0.2, 0.25) is 10.0 Å². The highest BCUT2D eigenvalue weighted by Crippen LogP contribution is 2.19. The number of nitrogens with zero attached hydrogens (tertiary/aromatic N) is 1. The minimum atomic E-state index is -3.23. The lowest BCUT2D eigenvalue weighted by atomic mass is 10.1. The summed E-state index contributed by atoms with van der Waals surface area (Å²) in [6.07, 6.45) is 0.709. The Morgan fingerprint density at radius 2 is 2.21 bits per heavy atom. The molecule has 104 valence electrons. The molecule has 1 aromatic rings. The van der Waals surface area contributed by atoms with Gasteiger partial charge in [0.25, 0.3) is 0 Å². The van der Waals surface area contributed by atoms with Gasteiger partial charge in [-0.15, -0.1) is 0 Å². The third-order valence-electron chi connectivity index (χ3n) is 3.06. The van der Waals surface area contributed by atoms with E-state index in [1.165, 1.54) is 0 Å². The maximum absolute atomic E-state index is 11.6. The van der Waals surface area contributed by atoms with E-state index in [0.717, 1.165) is 30.1 Å². The van der Waals surface area contributed by atoms with Crippen LogP contribution in [0.3, 0.4) is 0 Å². The molecule has 1 heterocycles. The molecule has 1 aromatic carbocycles. The summed E-state index contributed by atoms with van der Waals surface area (Å²) in [7, 11) is -3.23. The SMILES string of the molecule is CCS(=O)(=O)Nc1cc(CC2=NCCN2)ccc1C. The summed E-state index contributed by atoms with van der Waals surface area (Å²) in [5.41, 5.74) is 2.62. The van der Waals surface area contributed by atoms with Crippen LogP contribution in [-0.4, -0.2) is 33.1 Å². The van der Waals surface area contributed by atoms with Crippen molar-refractivity contribution in [3.05, 3.63) is 29.3 Å². The first kappa shape index (κ1) is 13.9. The van der Waals surface area contributed by atoms with E-state index in [-0.39, 0.29) is 5.75 Å². The van der Waals surface area contributed by atoms with Crippen LogP contribution in [0, 0.1) is 6.92 Å². The minimum Gasteiger partial charge on any atom is -0.372 e. The fourth-order valence-electron chi connectivity index (χ4n) is 1.89. The Morgan fingerprint density at radius 1 is 1.42 bits per heavy atom. The molecule has 0 amide bonds. The molecular formula is C13H19N3O2S. The van der Waals surface area contributed by atoms with Crippen LogP contribution in [0.4, 0.5) is 5.69 Å². The van der Waals surface area contributed by atoms with Gasteiger partial charge < -0.3 is 5.32 Å². The molecule has 2 N–H and O–H groups in total. The summed E-state index contributed by atoms with van der Waals surface area (Å²) in [5, 5.41) is 3.21. The fraction of sp³-hybridized carbons (Fsp3) is 0.462. The maximum Gasteiger partial charge on any atom is 0.232 e. The summed E-state index contributed by atoms with van der Waals surface area (Å²) >= 11 is 0. The van der Waals surface area contributed by atoms with Crippen LogP contribution in [0.5, 0.6) is 0 Å². The normalized spacial score (nSPS) is 14.9. The van der Waals surface area contributed by atoms with Crippen molar-refractivity contribution in [2.75, 3.05) is 23.6 Å². The lowest BCUT2D eigenvalue weighted by molar-refractivity contribution is 0.602. The number of sulfonamides is 1. The Bertz CT molecular complexity index is 594. The standard InChI is InChI=1S/C13H19N3O2S/c1-3-19(17,18)16-12-8-11(5-4-10(12)2)9-13-14-6-7-15-13/h4-5,8,16H,3,6-7,9H2,1-2H3,(H,14,15). The number of benzene rings is 1. The van der Waals surface area contributed by atoms with Crippen molar-refractivity contribution >= 4 is 21.5 Å². The van der Waals surface area contributed by atoms with Crippen LogP contribution in [0.2, 0.25) is 0 Å². The van der Waals surface area contributed by atoms with Crippen LogP contribution < -0.4 is 10.0 Å². The quantitative estimate of drug-likeness (QED) is 0.854. The number of aryl methyl sites for hydroxylation is 1. The largest absolute Gasteiger partial charge is 0.372 e. The van der Waals surface area contributed by atoms with Gasteiger partial charge in [-0.3, -0.25) is 9.71 Å². The van der Waals surface area contributed by atoms with E-state index < -0.39 is 10.0 Å². The van der Waals surface area contributed by atoms with E-state index in [9.17, 15) is 8.42 Å². The third-order valence-corrected chi connectivity index (χ3v) is 4.35. The molecule has 2 rings (SSSR count). The highest BCUT2D eigenvalue weighted by molar-refractivity contribution is 7.92. The number of anilines is 1. The Morgan fingerprint density at radius 3 is 2.84 bits per heavy atom. The Hall–Kier alpha value is -1.56. The number of hydrogen-bond donors (Lipinski definition) is 2. The van der Waals surface area contributed by atoms with Gasteiger partial charge in [-0.2, -0.15) is 0 Å². The number of hydrogen-bond acceptors (Lipinski definition) is 4. The summed E-state index contributed by atoms with van der Waals surface area (Å²) in [6, 6.07) is 5.81. The topological polar surface area (TPSA) is 70.6 Å². The molecule has 0 fully saturated rings. The zero-order chi connectivity index (χ0) is 13.9. The molecule has 0 saturated heterocycles. The second kappa shape index (κ2) is 5.61. The summed E-state index contributed by atoms with van der Waals surface area (Å²) in [5.74, 6) is 1.04. The molecule has 6 heteroatoms. The molecule has 1 aliphatic heterocycles. The van der Waals surface area contributed by atoms with Crippen molar-refractivity contribution < 1.29 is 8.42 Å². The van der Waals surface area contributed by atoms with E-state index in [4.69, 9.17) is 0 Å². The highest BCUT2D eigenvalue weighted by Gasteiger charge is 2.11. The van der Waals surface area contributed by atoms with Gasteiger partial charge in [-0.25, -0.2) is 8.42 Å². The number of amidine groups is 1. The van der Waals surface area contributed by atoms with Gasteiger partial charge in [0.15, 0.2) is 0 Å². The molecule has 0 aromatic heterocycles. The molecule has 0 radical (unpaired) electrons. The fourth-order valence-corrected chi connectivity index (χ4v) is 2.59. The Labute approximate surface area is 114 Å². The number of nitrogens with one attached hydrogen (secondary N) is 2. The monoisotopic (exact) mass is 281 g/mol. The Kier molecular flexibility index (Phi) is 4.09. The lowest BCUT2D eigenvalue weighted by Crippen LogP contribution is -2.21. The third kappa shape index (κ3) is 3.70. The van der Waals surface area contributed by atoms with Crippen LogP contribution in [-0.2, 0) is 16.4 Å². The van der Waals surface area contributed by atoms with Gasteiger partial charge in [-0.05, 0) is 31.0 Å². The van der Waals surface area contributed by atoms with Crippen LogP contribution in [0.25, 0.3) is 0 Å². The average molecular weight is 281 g/mol. The van der Waals surface area contributed by atoms with Gasteiger partial charge in [0.05, 0.1) is 18.0 Å². The second-order valence-corrected chi connectivity index (χ2v) is 6.60. The van der Waals surface area contributed by atoms with Crippen molar-refractivity contribution in [1.82, 2.24) is 5.32 Å². The average Bonchev–Trinajstić information content (AvgIpc) is 2.86. The zero-order valence-electron chi connectivity index (χ0n) is 11.2. The first-order valence-electron chi connectivity index (χ1n) is 6.37. The van der Waals surface area contributed by atoms with Gasteiger partial charge in [0, 0.05) is 13.0 Å². The van der Waals surface area contributed by atoms with E-state index in [1.807, 2.05) is 25.1 Å². The molecule has 0 saturated carbocycles. The highest BCUT2D eigenvalue weighted by atomic mass is 32.2. The van der Waals surface area contributed by atoms with Crippen LogP contribution in [0.15, 0.2) is 23.2 Å². The molecule has 0 bridgehead atoms. The predicted octanol–water partition coefficient (Wildman–Crippen LogP) is 1.30. The van der Waals surface area contributed by atoms with E-state index >= 15 is 0 Å². The summed E-state index contributed by atoms with van der Waals surface area (Å²) in [6.45, 7) is 5.22. The molecule has 0 spiro atoms. The van der Waals surface area contributed by atoms with E-state index in [2.05, 4.69) is 15.0 Å². The van der Waals surface area contributed by atoms with Crippen LogP contribution >= 0.6 is 0 Å². The Balaban J connectivity index is 2.19. The predicted molar refractivity (Wildman–Crippen MR) is 78.3 cm³/mol. The minimum absolute atomic E-state index is 0.0743. The van der Waals surface area contributed by atoms with Crippen LogP contribution in [0.1, 0.15) is 18.1 Å². The molecular weight excluding hydrogens is 262 g/mol. The number of rotatable bonds is 5. The summed E-state index contributed by atoms with van der Waals surface area (Å²) in [4.78, 5) is 4.34. The molecule has 0 aliphatic carbocycles. The van der Waals surface area contributed by atoms with Crippen molar-refractivity contribution in [3.8, 4) is 0 Å². The van der Waals surface area contributed by atoms with Crippen molar-refractivity contribution in [2.45, 2.75) is 20.3 Å². The second-order valence-electron chi connectivity index (χ2n) is 4.59. The first-order valence-corrected chi connectivity index (χ1v) is 8.02. The smallest absolute Gasteiger partial charge is 0.232 e. The van der Waals surface area contributed by atoms with E-state index in [0.29, 0.717) is 12.1 Å². The van der Waals surface area contributed by atoms with Gasteiger partial charge in [-0.1, -0.05) is 12.1 Å².